The van der Waals surface area contributed by atoms with Gasteiger partial charge in [0.15, 0.2) is 0 Å². The van der Waals surface area contributed by atoms with Crippen molar-refractivity contribution in [2.45, 2.75) is 6.92 Å². The number of rotatable bonds is 6. The Bertz CT molecular complexity index is 1580. The highest BCUT2D eigenvalue weighted by Crippen LogP contribution is 2.32. The van der Waals surface area contributed by atoms with Crippen LogP contribution in [-0.4, -0.2) is 17.8 Å². The van der Waals surface area contributed by atoms with E-state index in [0.29, 0.717) is 27.7 Å². The molecule has 1 aliphatic heterocycles. The molecule has 0 atom stereocenters. The number of amides is 2. The Balaban J connectivity index is 1.25. The molecule has 0 unspecified atom stereocenters. The summed E-state index contributed by atoms with van der Waals surface area (Å²) in [5, 5.41) is 3.07. The molecule has 0 saturated carbocycles. The Kier molecular flexibility index (Phi) is 7.01. The highest BCUT2D eigenvalue weighted by Gasteiger charge is 2.39. The third-order valence-electron chi connectivity index (χ3n) is 6.00. The van der Waals surface area contributed by atoms with Crippen molar-refractivity contribution in [3.63, 3.8) is 0 Å². The molecular formula is C30H20Cl2N2O4. The third-order valence-corrected chi connectivity index (χ3v) is 6.76. The molecular weight excluding hydrogens is 523 g/mol. The third kappa shape index (κ3) is 5.05. The fourth-order valence-electron chi connectivity index (χ4n) is 3.91. The molecule has 0 aromatic heterocycles. The zero-order valence-electron chi connectivity index (χ0n) is 20.1. The maximum absolute atomic E-state index is 13.0. The first-order valence-electron chi connectivity index (χ1n) is 11.6. The van der Waals surface area contributed by atoms with E-state index < -0.39 is 17.8 Å². The topological polar surface area (TPSA) is 75.7 Å². The van der Waals surface area contributed by atoms with Crippen LogP contribution in [0.25, 0.3) is 11.1 Å². The Morgan fingerprint density at radius 1 is 0.789 bits per heavy atom. The number of hydrogen-bond acceptors (Lipinski definition) is 5. The van der Waals surface area contributed by atoms with Crippen molar-refractivity contribution in [1.29, 1.82) is 0 Å². The summed E-state index contributed by atoms with van der Waals surface area (Å²) < 4.78 is 5.49. The van der Waals surface area contributed by atoms with Crippen molar-refractivity contribution < 1.29 is 19.1 Å². The highest BCUT2D eigenvalue weighted by molar-refractivity contribution is 6.53. The first kappa shape index (κ1) is 25.3. The molecule has 1 heterocycles. The molecule has 0 radical (unpaired) electrons. The van der Waals surface area contributed by atoms with Gasteiger partial charge in [-0.25, -0.2) is 9.69 Å². The van der Waals surface area contributed by atoms with Crippen LogP contribution in [0.5, 0.6) is 5.75 Å². The van der Waals surface area contributed by atoms with Crippen LogP contribution in [0.15, 0.2) is 108 Å². The Labute approximate surface area is 229 Å². The van der Waals surface area contributed by atoms with Crippen molar-refractivity contribution in [3.05, 3.63) is 124 Å². The second-order valence-electron chi connectivity index (χ2n) is 8.55. The number of nitrogens with one attached hydrogen (secondary N) is 1. The smallest absolute Gasteiger partial charge is 0.343 e. The van der Waals surface area contributed by atoms with Crippen LogP contribution in [0.2, 0.25) is 5.02 Å². The maximum Gasteiger partial charge on any atom is 0.343 e. The van der Waals surface area contributed by atoms with Gasteiger partial charge in [0.2, 0.25) is 0 Å². The zero-order chi connectivity index (χ0) is 26.8. The van der Waals surface area contributed by atoms with E-state index in [4.69, 9.17) is 27.9 Å². The van der Waals surface area contributed by atoms with Gasteiger partial charge in [0.05, 0.1) is 11.3 Å². The molecule has 0 saturated heterocycles. The molecule has 6 nitrogen and oxygen atoms in total. The minimum absolute atomic E-state index is 0.0674. The van der Waals surface area contributed by atoms with Gasteiger partial charge in [-0.15, -0.1) is 0 Å². The molecule has 5 rings (SSSR count). The van der Waals surface area contributed by atoms with Crippen molar-refractivity contribution in [2.75, 3.05) is 10.2 Å². The monoisotopic (exact) mass is 542 g/mol. The summed E-state index contributed by atoms with van der Waals surface area (Å²) >= 11 is 12.4. The summed E-state index contributed by atoms with van der Waals surface area (Å²) in [6, 6.07) is 28.3. The molecule has 1 N–H and O–H groups in total. The SMILES string of the molecule is Cc1ccc(N2C(=O)C(Cl)=C(Nc3ccc(C(=O)Oc4ccc(-c5ccccc5)cc4)cc3)C2=O)cc1Cl. The minimum atomic E-state index is -0.655. The second kappa shape index (κ2) is 10.5. The molecule has 38 heavy (non-hydrogen) atoms. The number of halogens is 2. The van der Waals surface area contributed by atoms with Gasteiger partial charge in [-0.3, -0.25) is 9.59 Å². The summed E-state index contributed by atoms with van der Waals surface area (Å²) in [5.74, 6) is -1.38. The fourth-order valence-corrected chi connectivity index (χ4v) is 4.30. The van der Waals surface area contributed by atoms with Gasteiger partial charge in [-0.05, 0) is 72.1 Å². The van der Waals surface area contributed by atoms with Gasteiger partial charge in [0, 0.05) is 10.7 Å². The molecule has 2 amide bonds. The average Bonchev–Trinajstić information content (AvgIpc) is 3.14. The van der Waals surface area contributed by atoms with Crippen molar-refractivity contribution in [2.24, 2.45) is 0 Å². The average molecular weight is 543 g/mol. The quantitative estimate of drug-likeness (QED) is 0.162. The van der Waals surface area contributed by atoms with Crippen LogP contribution in [-0.2, 0) is 9.59 Å². The lowest BCUT2D eigenvalue weighted by Gasteiger charge is -2.16. The van der Waals surface area contributed by atoms with Gasteiger partial charge in [0.25, 0.3) is 11.8 Å². The highest BCUT2D eigenvalue weighted by atomic mass is 35.5. The number of carbonyl (C=O) groups is 3. The molecule has 4 aromatic rings. The summed E-state index contributed by atoms with van der Waals surface area (Å²) in [5.41, 5.74) is 3.92. The minimum Gasteiger partial charge on any atom is -0.423 e. The van der Waals surface area contributed by atoms with E-state index in [-0.39, 0.29) is 10.7 Å². The van der Waals surface area contributed by atoms with E-state index in [9.17, 15) is 14.4 Å². The van der Waals surface area contributed by atoms with Crippen LogP contribution >= 0.6 is 23.2 Å². The number of benzene rings is 4. The fraction of sp³-hybridized carbons (Fsp3) is 0.0333. The van der Waals surface area contributed by atoms with E-state index in [2.05, 4.69) is 5.32 Å². The van der Waals surface area contributed by atoms with Crippen molar-refractivity contribution in [3.8, 4) is 16.9 Å². The van der Waals surface area contributed by atoms with Crippen molar-refractivity contribution >= 4 is 52.4 Å². The van der Waals surface area contributed by atoms with Crippen LogP contribution in [0.1, 0.15) is 15.9 Å². The molecule has 188 valence electrons. The number of aryl methyl sites for hydroxylation is 1. The number of imide groups is 1. The van der Waals surface area contributed by atoms with Crippen LogP contribution in [0, 0.1) is 6.92 Å². The van der Waals surface area contributed by atoms with Gasteiger partial charge < -0.3 is 10.1 Å². The van der Waals surface area contributed by atoms with Crippen LogP contribution in [0.4, 0.5) is 11.4 Å². The maximum atomic E-state index is 13.0. The van der Waals surface area contributed by atoms with E-state index in [1.54, 1.807) is 48.5 Å². The second-order valence-corrected chi connectivity index (χ2v) is 9.34. The molecule has 0 spiro atoms. The van der Waals surface area contributed by atoms with E-state index in [1.807, 2.05) is 49.4 Å². The predicted octanol–water partition coefficient (Wildman–Crippen LogP) is 6.97. The Hall–Kier alpha value is -4.39. The Morgan fingerprint density at radius 3 is 2.11 bits per heavy atom. The summed E-state index contributed by atoms with van der Waals surface area (Å²) in [7, 11) is 0. The lowest BCUT2D eigenvalue weighted by Crippen LogP contribution is -2.32. The molecule has 0 bridgehead atoms. The van der Waals surface area contributed by atoms with Gasteiger partial charge in [-0.1, -0.05) is 71.7 Å². The lowest BCUT2D eigenvalue weighted by atomic mass is 10.1. The number of hydrogen-bond donors (Lipinski definition) is 1. The first-order valence-corrected chi connectivity index (χ1v) is 12.4. The van der Waals surface area contributed by atoms with Gasteiger partial charge >= 0.3 is 5.97 Å². The van der Waals surface area contributed by atoms with E-state index >= 15 is 0 Å². The van der Waals surface area contributed by atoms with Gasteiger partial charge in [-0.2, -0.15) is 0 Å². The predicted molar refractivity (Wildman–Crippen MR) is 148 cm³/mol. The summed E-state index contributed by atoms with van der Waals surface area (Å²) in [6.45, 7) is 1.82. The number of ether oxygens (including phenoxy) is 1. The Morgan fingerprint density at radius 2 is 1.45 bits per heavy atom. The van der Waals surface area contributed by atoms with Crippen LogP contribution < -0.4 is 15.0 Å². The molecule has 8 heteroatoms. The molecule has 0 aliphatic carbocycles. The largest absolute Gasteiger partial charge is 0.423 e. The lowest BCUT2D eigenvalue weighted by molar-refractivity contribution is -0.120. The van der Waals surface area contributed by atoms with E-state index in [0.717, 1.165) is 21.6 Å². The number of esters is 1. The standard InChI is InChI=1S/C30H20Cl2N2O4/c1-18-7-14-23(17-25(18)31)34-28(35)26(32)27(29(34)36)33-22-12-8-21(9-13-22)30(37)38-24-15-10-20(11-16-24)19-5-3-2-4-6-19/h2-17,33H,1H3. The van der Waals surface area contributed by atoms with Gasteiger partial charge in [0.1, 0.15) is 16.5 Å². The van der Waals surface area contributed by atoms with E-state index in [1.165, 1.54) is 6.07 Å². The van der Waals surface area contributed by atoms with Crippen molar-refractivity contribution in [1.82, 2.24) is 0 Å². The summed E-state index contributed by atoms with van der Waals surface area (Å²) in [6.07, 6.45) is 0. The number of carbonyl (C=O) groups excluding carboxylic acids is 3. The normalized spacial score (nSPS) is 13.2. The first-order chi connectivity index (χ1) is 18.3. The zero-order valence-corrected chi connectivity index (χ0v) is 21.6. The molecule has 1 aliphatic rings. The number of anilines is 2. The molecule has 0 fully saturated rings. The molecule has 4 aromatic carbocycles. The van der Waals surface area contributed by atoms with Crippen LogP contribution in [0.3, 0.4) is 0 Å². The summed E-state index contributed by atoms with van der Waals surface area (Å²) in [4.78, 5) is 39.3. The number of nitrogens with zero attached hydrogens (tertiary/aromatic N) is 1.